The molecule has 2 amide bonds. The SMILES string of the molecule is Cc1cc(NC(=O)c2ccco2)sc1C(=O)OCC(=O)Nc1cccc(Cl)c1. The summed E-state index contributed by atoms with van der Waals surface area (Å²) in [5.74, 6) is -1.40. The molecule has 28 heavy (non-hydrogen) atoms. The Kier molecular flexibility index (Phi) is 6.13. The number of halogens is 1. The lowest BCUT2D eigenvalue weighted by Gasteiger charge is -2.06. The van der Waals surface area contributed by atoms with Gasteiger partial charge in [0.05, 0.1) is 11.3 Å². The topological polar surface area (TPSA) is 97.6 Å². The van der Waals surface area contributed by atoms with Gasteiger partial charge in [-0.2, -0.15) is 0 Å². The molecular formula is C19H15ClN2O5S. The van der Waals surface area contributed by atoms with Crippen molar-refractivity contribution in [2.45, 2.75) is 6.92 Å². The van der Waals surface area contributed by atoms with Crippen LogP contribution in [0.3, 0.4) is 0 Å². The first kappa shape index (κ1) is 19.7. The van der Waals surface area contributed by atoms with E-state index < -0.39 is 24.4 Å². The molecule has 3 rings (SSSR count). The van der Waals surface area contributed by atoms with Crippen LogP contribution >= 0.6 is 22.9 Å². The molecule has 2 aromatic heterocycles. The van der Waals surface area contributed by atoms with Gasteiger partial charge in [0.15, 0.2) is 12.4 Å². The third-order valence-electron chi connectivity index (χ3n) is 3.53. The number of amides is 2. The third-order valence-corrected chi connectivity index (χ3v) is 4.90. The number of rotatable bonds is 6. The van der Waals surface area contributed by atoms with Crippen LogP contribution in [-0.2, 0) is 9.53 Å². The van der Waals surface area contributed by atoms with Crippen molar-refractivity contribution < 1.29 is 23.5 Å². The number of aryl methyl sites for hydroxylation is 1. The zero-order chi connectivity index (χ0) is 20.1. The number of hydrogen-bond donors (Lipinski definition) is 2. The van der Waals surface area contributed by atoms with Gasteiger partial charge in [0.1, 0.15) is 4.88 Å². The molecular weight excluding hydrogens is 404 g/mol. The van der Waals surface area contributed by atoms with Crippen molar-refractivity contribution >= 4 is 51.4 Å². The minimum atomic E-state index is -0.651. The van der Waals surface area contributed by atoms with Gasteiger partial charge >= 0.3 is 5.97 Å². The van der Waals surface area contributed by atoms with Crippen molar-refractivity contribution in [1.29, 1.82) is 0 Å². The molecule has 0 aliphatic heterocycles. The summed E-state index contributed by atoms with van der Waals surface area (Å²) in [4.78, 5) is 36.5. The molecule has 0 saturated heterocycles. The van der Waals surface area contributed by atoms with E-state index in [1.165, 1.54) is 12.3 Å². The van der Waals surface area contributed by atoms with Gasteiger partial charge in [-0.1, -0.05) is 17.7 Å². The van der Waals surface area contributed by atoms with Gasteiger partial charge in [0.25, 0.3) is 11.8 Å². The van der Waals surface area contributed by atoms with Gasteiger partial charge < -0.3 is 19.8 Å². The summed E-state index contributed by atoms with van der Waals surface area (Å²) in [6.07, 6.45) is 1.39. The molecule has 0 spiro atoms. The smallest absolute Gasteiger partial charge is 0.349 e. The Labute approximate surface area is 169 Å². The molecule has 2 heterocycles. The lowest BCUT2D eigenvalue weighted by molar-refractivity contribution is -0.119. The molecule has 0 saturated carbocycles. The molecule has 0 atom stereocenters. The third kappa shape index (κ3) is 4.99. The van der Waals surface area contributed by atoms with Crippen LogP contribution < -0.4 is 10.6 Å². The van der Waals surface area contributed by atoms with E-state index in [0.717, 1.165) is 11.3 Å². The molecule has 0 fully saturated rings. The van der Waals surface area contributed by atoms with Crippen LogP contribution in [0.2, 0.25) is 5.02 Å². The van der Waals surface area contributed by atoms with Gasteiger partial charge in [0, 0.05) is 10.7 Å². The Balaban J connectivity index is 1.56. The van der Waals surface area contributed by atoms with Crippen molar-refractivity contribution in [2.75, 3.05) is 17.2 Å². The molecule has 2 N–H and O–H groups in total. The summed E-state index contributed by atoms with van der Waals surface area (Å²) >= 11 is 6.91. The monoisotopic (exact) mass is 418 g/mol. The predicted molar refractivity (Wildman–Crippen MR) is 106 cm³/mol. The van der Waals surface area contributed by atoms with Crippen molar-refractivity contribution in [3.05, 3.63) is 70.0 Å². The molecule has 9 heteroatoms. The number of carbonyl (C=O) groups is 3. The standard InChI is InChI=1S/C19H15ClN2O5S/c1-11-8-16(22-18(24)14-6-3-7-26-14)28-17(11)19(25)27-10-15(23)21-13-5-2-4-12(20)9-13/h2-9H,10H2,1H3,(H,21,23)(H,22,24). The summed E-state index contributed by atoms with van der Waals surface area (Å²) in [6.45, 7) is 1.26. The fraction of sp³-hybridized carbons (Fsp3) is 0.105. The minimum Gasteiger partial charge on any atom is -0.459 e. The minimum absolute atomic E-state index is 0.160. The van der Waals surface area contributed by atoms with Crippen LogP contribution in [0, 0.1) is 6.92 Å². The molecule has 0 aliphatic carbocycles. The zero-order valence-electron chi connectivity index (χ0n) is 14.7. The summed E-state index contributed by atoms with van der Waals surface area (Å²) < 4.78 is 10.1. The summed E-state index contributed by atoms with van der Waals surface area (Å²) in [5, 5.41) is 6.18. The first-order valence-corrected chi connectivity index (χ1v) is 9.29. The summed E-state index contributed by atoms with van der Waals surface area (Å²) in [6, 6.07) is 11.4. The van der Waals surface area contributed by atoms with E-state index in [2.05, 4.69) is 10.6 Å². The maximum atomic E-state index is 12.3. The average molecular weight is 419 g/mol. The highest BCUT2D eigenvalue weighted by molar-refractivity contribution is 7.18. The number of nitrogens with one attached hydrogen (secondary N) is 2. The molecule has 7 nitrogen and oxygen atoms in total. The molecule has 0 aliphatic rings. The fourth-order valence-corrected chi connectivity index (χ4v) is 3.44. The van der Waals surface area contributed by atoms with Gasteiger partial charge in [0.2, 0.25) is 0 Å². The Morgan fingerprint density at radius 1 is 1.14 bits per heavy atom. The lowest BCUT2D eigenvalue weighted by atomic mass is 10.3. The summed E-state index contributed by atoms with van der Waals surface area (Å²) in [5.41, 5.74) is 1.13. The van der Waals surface area contributed by atoms with E-state index in [9.17, 15) is 14.4 Å². The molecule has 0 radical (unpaired) electrons. The van der Waals surface area contributed by atoms with E-state index in [4.69, 9.17) is 20.8 Å². The lowest BCUT2D eigenvalue weighted by Crippen LogP contribution is -2.20. The number of anilines is 2. The van der Waals surface area contributed by atoms with Crippen molar-refractivity contribution in [2.24, 2.45) is 0 Å². The second-order valence-corrected chi connectivity index (χ2v) is 7.18. The second-order valence-electron chi connectivity index (χ2n) is 5.69. The van der Waals surface area contributed by atoms with E-state index in [1.807, 2.05) is 0 Å². The molecule has 3 aromatic rings. The van der Waals surface area contributed by atoms with Crippen LogP contribution in [0.1, 0.15) is 25.8 Å². The summed E-state index contributed by atoms with van der Waals surface area (Å²) in [7, 11) is 0. The Morgan fingerprint density at radius 2 is 1.96 bits per heavy atom. The van der Waals surface area contributed by atoms with Crippen LogP contribution in [0.25, 0.3) is 0 Å². The van der Waals surface area contributed by atoms with Crippen molar-refractivity contribution in [1.82, 2.24) is 0 Å². The highest BCUT2D eigenvalue weighted by Gasteiger charge is 2.18. The number of furan rings is 1. The van der Waals surface area contributed by atoms with Crippen LogP contribution in [0.4, 0.5) is 10.7 Å². The second kappa shape index (κ2) is 8.73. The Hall–Kier alpha value is -3.10. The molecule has 144 valence electrons. The van der Waals surface area contributed by atoms with Crippen LogP contribution in [0.5, 0.6) is 0 Å². The first-order valence-electron chi connectivity index (χ1n) is 8.10. The normalized spacial score (nSPS) is 10.4. The maximum absolute atomic E-state index is 12.3. The van der Waals surface area contributed by atoms with Crippen molar-refractivity contribution in [3.63, 3.8) is 0 Å². The van der Waals surface area contributed by atoms with E-state index >= 15 is 0 Å². The zero-order valence-corrected chi connectivity index (χ0v) is 16.2. The number of benzene rings is 1. The molecule has 1 aromatic carbocycles. The highest BCUT2D eigenvalue weighted by atomic mass is 35.5. The van der Waals surface area contributed by atoms with Crippen LogP contribution in [-0.4, -0.2) is 24.4 Å². The van der Waals surface area contributed by atoms with Gasteiger partial charge in [-0.15, -0.1) is 11.3 Å². The van der Waals surface area contributed by atoms with Gasteiger partial charge in [-0.3, -0.25) is 9.59 Å². The molecule has 0 unspecified atom stereocenters. The number of ether oxygens (including phenoxy) is 1. The fourth-order valence-electron chi connectivity index (χ4n) is 2.29. The van der Waals surface area contributed by atoms with E-state index in [-0.39, 0.29) is 5.76 Å². The highest BCUT2D eigenvalue weighted by Crippen LogP contribution is 2.28. The largest absolute Gasteiger partial charge is 0.459 e. The maximum Gasteiger partial charge on any atom is 0.349 e. The van der Waals surface area contributed by atoms with E-state index in [1.54, 1.807) is 43.3 Å². The van der Waals surface area contributed by atoms with Crippen molar-refractivity contribution in [3.8, 4) is 0 Å². The van der Waals surface area contributed by atoms with Gasteiger partial charge in [-0.05, 0) is 48.9 Å². The van der Waals surface area contributed by atoms with Gasteiger partial charge in [-0.25, -0.2) is 4.79 Å². The number of esters is 1. The Bertz CT molecular complexity index is 1010. The first-order chi connectivity index (χ1) is 13.4. The quantitative estimate of drug-likeness (QED) is 0.580. The van der Waals surface area contributed by atoms with E-state index in [0.29, 0.717) is 26.2 Å². The predicted octanol–water partition coefficient (Wildman–Crippen LogP) is 4.35. The Morgan fingerprint density at radius 3 is 2.68 bits per heavy atom. The van der Waals surface area contributed by atoms with Crippen LogP contribution in [0.15, 0.2) is 53.1 Å². The number of carbonyl (C=O) groups excluding carboxylic acids is 3. The number of thiophene rings is 1. The average Bonchev–Trinajstić information content (AvgIpc) is 3.30. The number of hydrogen-bond acceptors (Lipinski definition) is 6. The molecule has 0 bridgehead atoms.